The fourth-order valence-electron chi connectivity index (χ4n) is 2.19. The summed E-state index contributed by atoms with van der Waals surface area (Å²) in [6.07, 6.45) is 0.256. The monoisotopic (exact) mass is 278 g/mol. The van der Waals surface area contributed by atoms with Gasteiger partial charge in [0, 0.05) is 19.6 Å². The molecule has 1 aromatic carbocycles. The zero-order valence-corrected chi connectivity index (χ0v) is 12.0. The SMILES string of the molecule is CC(N)CN(C)C(=O)C(CC(=O)O)Cc1ccccc1. The zero-order chi connectivity index (χ0) is 15.1. The number of rotatable bonds is 7. The van der Waals surface area contributed by atoms with Crippen LogP contribution in [0.4, 0.5) is 0 Å². The van der Waals surface area contributed by atoms with Crippen molar-refractivity contribution in [1.29, 1.82) is 0 Å². The normalized spacial score (nSPS) is 13.6. The molecule has 0 aromatic heterocycles. The molecule has 0 aliphatic carbocycles. The van der Waals surface area contributed by atoms with E-state index in [-0.39, 0.29) is 18.4 Å². The van der Waals surface area contributed by atoms with Gasteiger partial charge >= 0.3 is 5.97 Å². The summed E-state index contributed by atoms with van der Waals surface area (Å²) in [6.45, 7) is 2.23. The molecule has 110 valence electrons. The molecule has 0 saturated carbocycles. The molecular formula is C15H22N2O3. The summed E-state index contributed by atoms with van der Waals surface area (Å²) in [6, 6.07) is 9.31. The molecule has 1 amide bonds. The molecule has 5 nitrogen and oxygen atoms in total. The van der Waals surface area contributed by atoms with E-state index in [0.29, 0.717) is 13.0 Å². The highest BCUT2D eigenvalue weighted by Crippen LogP contribution is 2.15. The highest BCUT2D eigenvalue weighted by molar-refractivity contribution is 5.83. The van der Waals surface area contributed by atoms with E-state index < -0.39 is 11.9 Å². The molecule has 0 heterocycles. The van der Waals surface area contributed by atoms with Gasteiger partial charge in [-0.1, -0.05) is 30.3 Å². The smallest absolute Gasteiger partial charge is 0.304 e. The Morgan fingerprint density at radius 2 is 1.90 bits per heavy atom. The van der Waals surface area contributed by atoms with Crippen molar-refractivity contribution in [2.24, 2.45) is 11.7 Å². The van der Waals surface area contributed by atoms with Crippen LogP contribution in [0.2, 0.25) is 0 Å². The third-order valence-corrected chi connectivity index (χ3v) is 3.03. The van der Waals surface area contributed by atoms with Gasteiger partial charge in [0.1, 0.15) is 0 Å². The van der Waals surface area contributed by atoms with Crippen LogP contribution in [0.25, 0.3) is 0 Å². The number of carbonyl (C=O) groups is 2. The van der Waals surface area contributed by atoms with Crippen molar-refractivity contribution in [3.05, 3.63) is 35.9 Å². The van der Waals surface area contributed by atoms with Crippen molar-refractivity contribution in [1.82, 2.24) is 4.90 Å². The minimum absolute atomic E-state index is 0.133. The summed E-state index contributed by atoms with van der Waals surface area (Å²) < 4.78 is 0. The first-order valence-electron chi connectivity index (χ1n) is 6.66. The van der Waals surface area contributed by atoms with E-state index in [9.17, 15) is 9.59 Å². The number of nitrogens with two attached hydrogens (primary N) is 1. The molecule has 0 radical (unpaired) electrons. The van der Waals surface area contributed by atoms with Gasteiger partial charge in [-0.15, -0.1) is 0 Å². The molecular weight excluding hydrogens is 256 g/mol. The maximum Gasteiger partial charge on any atom is 0.304 e. The molecule has 0 aliphatic rings. The second-order valence-electron chi connectivity index (χ2n) is 5.18. The van der Waals surface area contributed by atoms with E-state index in [1.807, 2.05) is 37.3 Å². The summed E-state index contributed by atoms with van der Waals surface area (Å²) in [5.41, 5.74) is 6.63. The molecule has 0 bridgehead atoms. The molecule has 0 fully saturated rings. The fourth-order valence-corrected chi connectivity index (χ4v) is 2.19. The van der Waals surface area contributed by atoms with Crippen LogP contribution in [0, 0.1) is 5.92 Å². The molecule has 1 aromatic rings. The van der Waals surface area contributed by atoms with E-state index in [0.717, 1.165) is 5.56 Å². The number of aliphatic carboxylic acids is 1. The van der Waals surface area contributed by atoms with Gasteiger partial charge in [-0.25, -0.2) is 0 Å². The number of carboxylic acids is 1. The number of carbonyl (C=O) groups excluding carboxylic acids is 1. The van der Waals surface area contributed by atoms with Gasteiger partial charge in [0.25, 0.3) is 0 Å². The van der Waals surface area contributed by atoms with Crippen LogP contribution < -0.4 is 5.73 Å². The van der Waals surface area contributed by atoms with E-state index in [1.165, 1.54) is 4.90 Å². The van der Waals surface area contributed by atoms with Gasteiger partial charge < -0.3 is 15.7 Å². The molecule has 0 saturated heterocycles. The number of hydrogen-bond acceptors (Lipinski definition) is 3. The Hall–Kier alpha value is -1.88. The average molecular weight is 278 g/mol. The number of likely N-dealkylation sites (N-methyl/N-ethyl adjacent to an activating group) is 1. The van der Waals surface area contributed by atoms with Crippen LogP contribution in [0.15, 0.2) is 30.3 Å². The van der Waals surface area contributed by atoms with Crippen molar-refractivity contribution < 1.29 is 14.7 Å². The van der Waals surface area contributed by atoms with Crippen molar-refractivity contribution in [3.8, 4) is 0 Å². The van der Waals surface area contributed by atoms with E-state index in [1.54, 1.807) is 7.05 Å². The maximum absolute atomic E-state index is 12.3. The van der Waals surface area contributed by atoms with Gasteiger partial charge in [-0.05, 0) is 18.9 Å². The van der Waals surface area contributed by atoms with Crippen molar-refractivity contribution in [2.45, 2.75) is 25.8 Å². The van der Waals surface area contributed by atoms with E-state index in [2.05, 4.69) is 0 Å². The number of hydrogen-bond donors (Lipinski definition) is 2. The summed E-state index contributed by atoms with van der Waals surface area (Å²) in [5, 5.41) is 8.98. The lowest BCUT2D eigenvalue weighted by atomic mass is 9.94. The topological polar surface area (TPSA) is 83.6 Å². The van der Waals surface area contributed by atoms with Crippen molar-refractivity contribution in [3.63, 3.8) is 0 Å². The number of amides is 1. The molecule has 0 aliphatic heterocycles. The Kier molecular flexibility index (Phi) is 6.18. The van der Waals surface area contributed by atoms with Crippen molar-refractivity contribution in [2.75, 3.05) is 13.6 Å². The zero-order valence-electron chi connectivity index (χ0n) is 12.0. The van der Waals surface area contributed by atoms with Gasteiger partial charge in [0.05, 0.1) is 12.3 Å². The quantitative estimate of drug-likeness (QED) is 0.783. The second kappa shape index (κ2) is 7.65. The Labute approximate surface area is 119 Å². The van der Waals surface area contributed by atoms with Crippen LogP contribution in [-0.2, 0) is 16.0 Å². The van der Waals surface area contributed by atoms with E-state index >= 15 is 0 Å². The fraction of sp³-hybridized carbons (Fsp3) is 0.467. The standard InChI is InChI=1S/C15H22N2O3/c1-11(16)10-17(2)15(20)13(9-14(18)19)8-12-6-4-3-5-7-12/h3-7,11,13H,8-10,16H2,1-2H3,(H,18,19). The summed E-state index contributed by atoms with van der Waals surface area (Å²) in [4.78, 5) is 24.8. The minimum Gasteiger partial charge on any atom is -0.481 e. The predicted octanol–water partition coefficient (Wildman–Crippen LogP) is 1.13. The first-order valence-corrected chi connectivity index (χ1v) is 6.66. The van der Waals surface area contributed by atoms with Crippen LogP contribution in [0.3, 0.4) is 0 Å². The van der Waals surface area contributed by atoms with Crippen molar-refractivity contribution >= 4 is 11.9 Å². The lowest BCUT2D eigenvalue weighted by Gasteiger charge is -2.24. The Morgan fingerprint density at radius 1 is 1.30 bits per heavy atom. The Morgan fingerprint density at radius 3 is 2.40 bits per heavy atom. The highest BCUT2D eigenvalue weighted by atomic mass is 16.4. The van der Waals surface area contributed by atoms with Gasteiger partial charge in [0.2, 0.25) is 5.91 Å². The average Bonchev–Trinajstić information content (AvgIpc) is 2.37. The van der Waals surface area contributed by atoms with Crippen LogP contribution in [0.1, 0.15) is 18.9 Å². The molecule has 1 rings (SSSR count). The number of nitrogens with zero attached hydrogens (tertiary/aromatic N) is 1. The Balaban J connectivity index is 2.78. The molecule has 20 heavy (non-hydrogen) atoms. The molecule has 3 N–H and O–H groups in total. The highest BCUT2D eigenvalue weighted by Gasteiger charge is 2.25. The van der Waals surface area contributed by atoms with Crippen LogP contribution in [0.5, 0.6) is 0 Å². The minimum atomic E-state index is -0.964. The van der Waals surface area contributed by atoms with Crippen LogP contribution >= 0.6 is 0 Å². The van der Waals surface area contributed by atoms with E-state index in [4.69, 9.17) is 10.8 Å². The summed E-state index contributed by atoms with van der Waals surface area (Å²) >= 11 is 0. The third kappa shape index (κ3) is 5.40. The second-order valence-corrected chi connectivity index (χ2v) is 5.18. The van der Waals surface area contributed by atoms with Gasteiger partial charge in [0.15, 0.2) is 0 Å². The number of benzene rings is 1. The molecule has 5 heteroatoms. The summed E-state index contributed by atoms with van der Waals surface area (Å²) in [7, 11) is 1.66. The predicted molar refractivity (Wildman–Crippen MR) is 77.2 cm³/mol. The maximum atomic E-state index is 12.3. The summed E-state index contributed by atoms with van der Waals surface area (Å²) in [5.74, 6) is -1.69. The Bertz CT molecular complexity index is 446. The van der Waals surface area contributed by atoms with Gasteiger partial charge in [-0.2, -0.15) is 0 Å². The van der Waals surface area contributed by atoms with Gasteiger partial charge in [-0.3, -0.25) is 9.59 Å². The lowest BCUT2D eigenvalue weighted by molar-refractivity contribution is -0.144. The third-order valence-electron chi connectivity index (χ3n) is 3.03. The molecule has 2 unspecified atom stereocenters. The number of carboxylic acid groups (broad SMARTS) is 1. The first-order chi connectivity index (χ1) is 9.40. The lowest BCUT2D eigenvalue weighted by Crippen LogP contribution is -2.41. The van der Waals surface area contributed by atoms with Crippen LogP contribution in [-0.4, -0.2) is 41.5 Å². The molecule has 0 spiro atoms. The first kappa shape index (κ1) is 16.2. The molecule has 2 atom stereocenters. The largest absolute Gasteiger partial charge is 0.481 e.